The summed E-state index contributed by atoms with van der Waals surface area (Å²) in [7, 11) is 0. The van der Waals surface area contributed by atoms with Crippen molar-refractivity contribution < 1.29 is 0 Å². The van der Waals surface area contributed by atoms with E-state index in [1.165, 1.54) is 74.7 Å². The van der Waals surface area contributed by atoms with E-state index in [0.717, 1.165) is 17.1 Å². The molecule has 0 aliphatic heterocycles. The number of halogens is 1. The Hall–Kier alpha value is -1.06. The lowest BCUT2D eigenvalue weighted by Crippen LogP contribution is -1.97. The highest BCUT2D eigenvalue weighted by Crippen LogP contribution is 2.19. The van der Waals surface area contributed by atoms with E-state index in [2.05, 4.69) is 41.5 Å². The number of anilines is 1. The lowest BCUT2D eigenvalue weighted by atomic mass is 10.0. The molecule has 4 heteroatoms. The van der Waals surface area contributed by atoms with Crippen LogP contribution in [0.4, 0.5) is 5.69 Å². The molecule has 0 atom stereocenters. The van der Waals surface area contributed by atoms with Gasteiger partial charge in [0.1, 0.15) is 0 Å². The van der Waals surface area contributed by atoms with Crippen LogP contribution in [0.2, 0.25) is 4.47 Å². The smallest absolute Gasteiger partial charge is 0.183 e. The van der Waals surface area contributed by atoms with E-state index in [0.29, 0.717) is 4.47 Å². The number of rotatable bonds is 12. The van der Waals surface area contributed by atoms with Crippen LogP contribution in [-0.2, 0) is 13.0 Å². The minimum absolute atomic E-state index is 0.604. The summed E-state index contributed by atoms with van der Waals surface area (Å²) in [6, 6.07) is 8.82. The molecule has 2 rings (SSSR count). The van der Waals surface area contributed by atoms with Gasteiger partial charge in [0.2, 0.25) is 0 Å². The third-order valence-electron chi connectivity index (χ3n) is 4.27. The molecule has 132 valence electrons. The maximum absolute atomic E-state index is 5.85. The first-order valence-corrected chi connectivity index (χ1v) is 10.4. The fourth-order valence-electron chi connectivity index (χ4n) is 2.81. The summed E-state index contributed by atoms with van der Waals surface area (Å²) < 4.78 is 0.604. The van der Waals surface area contributed by atoms with Crippen molar-refractivity contribution in [3.05, 3.63) is 45.4 Å². The summed E-state index contributed by atoms with van der Waals surface area (Å²) in [5.74, 6) is 0. The van der Waals surface area contributed by atoms with Crippen LogP contribution >= 0.6 is 22.9 Å². The van der Waals surface area contributed by atoms with Crippen molar-refractivity contribution in [2.75, 3.05) is 5.32 Å². The van der Waals surface area contributed by atoms with Crippen molar-refractivity contribution in [3.63, 3.8) is 0 Å². The van der Waals surface area contributed by atoms with Crippen molar-refractivity contribution in [1.82, 2.24) is 4.98 Å². The van der Waals surface area contributed by atoms with E-state index in [9.17, 15) is 0 Å². The quantitative estimate of drug-likeness (QED) is 0.406. The monoisotopic (exact) mass is 364 g/mol. The van der Waals surface area contributed by atoms with Gasteiger partial charge in [0.15, 0.2) is 4.47 Å². The van der Waals surface area contributed by atoms with E-state index in [-0.39, 0.29) is 0 Å². The largest absolute Gasteiger partial charge is 0.380 e. The van der Waals surface area contributed by atoms with Crippen LogP contribution in [0.5, 0.6) is 0 Å². The number of hydrogen-bond acceptors (Lipinski definition) is 3. The van der Waals surface area contributed by atoms with Crippen molar-refractivity contribution >= 4 is 28.6 Å². The zero-order chi connectivity index (χ0) is 17.0. The Morgan fingerprint density at radius 2 is 1.62 bits per heavy atom. The minimum Gasteiger partial charge on any atom is -0.380 e. The molecule has 1 aromatic carbocycles. The van der Waals surface area contributed by atoms with E-state index in [1.807, 2.05) is 6.20 Å². The van der Waals surface area contributed by atoms with Gasteiger partial charge in [-0.15, -0.1) is 11.3 Å². The lowest BCUT2D eigenvalue weighted by Gasteiger charge is -2.06. The summed E-state index contributed by atoms with van der Waals surface area (Å²) in [5, 5.41) is 3.41. The van der Waals surface area contributed by atoms with Gasteiger partial charge in [-0.2, -0.15) is 0 Å². The highest BCUT2D eigenvalue weighted by Gasteiger charge is 2.00. The third-order valence-corrected chi connectivity index (χ3v) is 5.38. The molecule has 0 spiro atoms. The molecule has 1 N–H and O–H groups in total. The normalized spacial score (nSPS) is 10.9. The Morgan fingerprint density at radius 1 is 0.958 bits per heavy atom. The molecule has 2 aromatic rings. The summed E-state index contributed by atoms with van der Waals surface area (Å²) in [5.41, 5.74) is 2.59. The van der Waals surface area contributed by atoms with Crippen LogP contribution in [0.1, 0.15) is 68.7 Å². The number of aryl methyl sites for hydroxylation is 1. The van der Waals surface area contributed by atoms with Crippen LogP contribution in [0.3, 0.4) is 0 Å². The number of nitrogens with one attached hydrogen (secondary N) is 1. The van der Waals surface area contributed by atoms with Crippen LogP contribution in [-0.4, -0.2) is 4.98 Å². The molecular formula is C20H29ClN2S. The molecule has 0 aliphatic carbocycles. The Morgan fingerprint density at radius 3 is 2.25 bits per heavy atom. The molecule has 0 fully saturated rings. The number of unbranched alkanes of at least 4 members (excludes halogenated alkanes) is 7. The highest BCUT2D eigenvalue weighted by molar-refractivity contribution is 7.15. The summed E-state index contributed by atoms with van der Waals surface area (Å²) in [6.45, 7) is 3.05. The maximum atomic E-state index is 5.85. The zero-order valence-electron chi connectivity index (χ0n) is 14.7. The number of benzene rings is 1. The zero-order valence-corrected chi connectivity index (χ0v) is 16.3. The van der Waals surface area contributed by atoms with Gasteiger partial charge in [-0.05, 0) is 30.5 Å². The molecule has 0 saturated carbocycles. The first kappa shape index (κ1) is 19.3. The van der Waals surface area contributed by atoms with Crippen LogP contribution in [0.15, 0.2) is 30.5 Å². The molecule has 0 amide bonds. The minimum atomic E-state index is 0.604. The first-order valence-electron chi connectivity index (χ1n) is 9.21. The van der Waals surface area contributed by atoms with Gasteiger partial charge in [0, 0.05) is 16.8 Å². The number of thiazole rings is 1. The second kappa shape index (κ2) is 11.5. The Bertz CT molecular complexity index is 565. The molecule has 0 radical (unpaired) electrons. The molecule has 1 aromatic heterocycles. The topological polar surface area (TPSA) is 24.9 Å². The van der Waals surface area contributed by atoms with E-state index in [1.54, 1.807) is 0 Å². The van der Waals surface area contributed by atoms with Gasteiger partial charge in [-0.25, -0.2) is 4.98 Å². The van der Waals surface area contributed by atoms with Crippen molar-refractivity contribution in [1.29, 1.82) is 0 Å². The highest BCUT2D eigenvalue weighted by atomic mass is 35.5. The summed E-state index contributed by atoms with van der Waals surface area (Å²) in [4.78, 5) is 5.21. The standard InChI is InChI=1S/C20H29ClN2S/c1-2-3-4-5-6-7-8-9-10-17-11-13-18(14-12-17)22-15-19-16-23-20(21)24-19/h11-14,16,22H,2-10,15H2,1H3. The predicted molar refractivity (Wildman–Crippen MR) is 107 cm³/mol. The first-order chi connectivity index (χ1) is 11.8. The van der Waals surface area contributed by atoms with Crippen molar-refractivity contribution in [3.8, 4) is 0 Å². The van der Waals surface area contributed by atoms with Gasteiger partial charge in [0.25, 0.3) is 0 Å². The number of aromatic nitrogens is 1. The Kier molecular flexibility index (Phi) is 9.22. The molecule has 0 bridgehead atoms. The molecule has 2 nitrogen and oxygen atoms in total. The molecule has 0 aliphatic rings. The van der Waals surface area contributed by atoms with Gasteiger partial charge < -0.3 is 5.32 Å². The number of nitrogens with zero attached hydrogens (tertiary/aromatic N) is 1. The average Bonchev–Trinajstić information content (AvgIpc) is 3.02. The maximum Gasteiger partial charge on any atom is 0.183 e. The average molecular weight is 365 g/mol. The fraction of sp³-hybridized carbons (Fsp3) is 0.550. The molecule has 0 saturated heterocycles. The van der Waals surface area contributed by atoms with E-state index in [4.69, 9.17) is 11.6 Å². The summed E-state index contributed by atoms with van der Waals surface area (Å²) in [6.07, 6.45) is 14.1. The van der Waals surface area contributed by atoms with E-state index < -0.39 is 0 Å². The lowest BCUT2D eigenvalue weighted by molar-refractivity contribution is 0.575. The van der Waals surface area contributed by atoms with Gasteiger partial charge in [-0.1, -0.05) is 75.6 Å². The Balaban J connectivity index is 1.58. The van der Waals surface area contributed by atoms with Gasteiger partial charge >= 0.3 is 0 Å². The van der Waals surface area contributed by atoms with Gasteiger partial charge in [0.05, 0.1) is 6.54 Å². The molecular weight excluding hydrogens is 336 g/mol. The second-order valence-corrected chi connectivity index (χ2v) is 8.05. The molecule has 0 unspecified atom stereocenters. The van der Waals surface area contributed by atoms with Crippen LogP contribution < -0.4 is 5.32 Å². The fourth-order valence-corrected chi connectivity index (χ4v) is 3.72. The molecule has 24 heavy (non-hydrogen) atoms. The Labute approximate surface area is 155 Å². The van der Waals surface area contributed by atoms with Crippen molar-refractivity contribution in [2.45, 2.75) is 71.3 Å². The molecule has 1 heterocycles. The van der Waals surface area contributed by atoms with Crippen LogP contribution in [0, 0.1) is 0 Å². The summed E-state index contributed by atoms with van der Waals surface area (Å²) >= 11 is 7.37. The van der Waals surface area contributed by atoms with E-state index >= 15 is 0 Å². The van der Waals surface area contributed by atoms with Crippen molar-refractivity contribution in [2.24, 2.45) is 0 Å². The number of hydrogen-bond donors (Lipinski definition) is 1. The second-order valence-electron chi connectivity index (χ2n) is 6.35. The van der Waals surface area contributed by atoms with Crippen LogP contribution in [0.25, 0.3) is 0 Å². The predicted octanol–water partition coefficient (Wildman–Crippen LogP) is 7.09. The van der Waals surface area contributed by atoms with Gasteiger partial charge in [-0.3, -0.25) is 0 Å². The SMILES string of the molecule is CCCCCCCCCCc1ccc(NCc2cnc(Cl)s2)cc1. The third kappa shape index (κ3) is 7.67.